The van der Waals surface area contributed by atoms with Crippen molar-refractivity contribution in [2.24, 2.45) is 0 Å². The summed E-state index contributed by atoms with van der Waals surface area (Å²) < 4.78 is 14.5. The van der Waals surface area contributed by atoms with Crippen molar-refractivity contribution < 1.29 is 0 Å². The van der Waals surface area contributed by atoms with Gasteiger partial charge in [0.1, 0.15) is 0 Å². The van der Waals surface area contributed by atoms with Crippen LogP contribution in [0, 0.1) is 0 Å². The molecule has 294 valence electrons. The van der Waals surface area contributed by atoms with Crippen molar-refractivity contribution in [3.63, 3.8) is 0 Å². The Hall–Kier alpha value is -6.28. The highest BCUT2D eigenvalue weighted by Crippen LogP contribution is 2.45. The zero-order chi connectivity index (χ0) is 41.1. The summed E-state index contributed by atoms with van der Waals surface area (Å²) in [5, 5.41) is 3.98. The molecule has 0 atom stereocenters. The molecule has 0 spiro atoms. The number of rotatable bonds is 2. The smallest absolute Gasteiger partial charge is 0.266 e. The first-order chi connectivity index (χ1) is 29.6. The van der Waals surface area contributed by atoms with Crippen LogP contribution in [0.4, 0.5) is 0 Å². The standard InChI is InChI=1S/C54H43BN4S2/c1-53(2,3)32-25-27-38-40(29-32)56(34-17-9-7-10-18-34)42-31-43-50-47-49(42)58(38)48-37-22-14-16-24-45(37)60-51(48)55(47)46-36-21-13-15-23-44(36)61-52(46)59(50)39-28-26-33(54(4,5)6)30-41(39)57(43)35-19-11-8-12-20-35/h7-31H,1-6H3. The van der Waals surface area contributed by atoms with Gasteiger partial charge in [-0.3, -0.25) is 4.57 Å². The third kappa shape index (κ3) is 4.76. The molecule has 0 N–H and O–H groups in total. The summed E-state index contributed by atoms with van der Waals surface area (Å²) in [4.78, 5) is 0. The van der Waals surface area contributed by atoms with Crippen LogP contribution < -0.4 is 15.7 Å². The first-order valence-electron chi connectivity index (χ1n) is 21.4. The van der Waals surface area contributed by atoms with Crippen LogP contribution in [0.2, 0.25) is 0 Å². The van der Waals surface area contributed by atoms with Gasteiger partial charge in [0.15, 0.2) is 0 Å². The number of nitrogens with zero attached hydrogens (tertiary/aromatic N) is 4. The molecule has 0 fully saturated rings. The molecule has 0 saturated carbocycles. The molecule has 2 aliphatic rings. The van der Waals surface area contributed by atoms with Gasteiger partial charge >= 0.3 is 0 Å². The first kappa shape index (κ1) is 35.5. The third-order valence-electron chi connectivity index (χ3n) is 13.3. The molecule has 13 rings (SSSR count). The van der Waals surface area contributed by atoms with Crippen LogP contribution in [-0.2, 0) is 10.8 Å². The van der Waals surface area contributed by atoms with Gasteiger partial charge in [-0.1, -0.05) is 126 Å². The maximum absolute atomic E-state index is 2.67. The van der Waals surface area contributed by atoms with Crippen LogP contribution in [-0.4, -0.2) is 25.0 Å². The number of thiophene rings is 2. The summed E-state index contributed by atoms with van der Waals surface area (Å²) in [6, 6.07) is 57.4. The van der Waals surface area contributed by atoms with E-state index >= 15 is 0 Å². The highest BCUT2D eigenvalue weighted by atomic mass is 32.1. The molecular weight excluding hydrogens is 780 g/mol. The van der Waals surface area contributed by atoms with Gasteiger partial charge in [0.25, 0.3) is 6.71 Å². The highest BCUT2D eigenvalue weighted by Gasteiger charge is 2.44. The number of hydrogen-bond acceptors (Lipinski definition) is 2. The summed E-state index contributed by atoms with van der Waals surface area (Å²) in [7, 11) is 0. The Balaban J connectivity index is 1.38. The van der Waals surface area contributed by atoms with E-state index in [1.54, 1.807) is 0 Å². The molecular formula is C54H43BN4S2. The minimum atomic E-state index is -0.0395. The normalized spacial score (nSPS) is 13.4. The molecule has 4 nitrogen and oxygen atoms in total. The Morgan fingerprint density at radius 3 is 1.48 bits per heavy atom. The van der Waals surface area contributed by atoms with Gasteiger partial charge in [0, 0.05) is 30.9 Å². The molecule has 7 heteroatoms. The molecule has 0 amide bonds. The Bertz CT molecular complexity index is 3720. The molecule has 0 radical (unpaired) electrons. The van der Waals surface area contributed by atoms with Gasteiger partial charge in [0.2, 0.25) is 0 Å². The average Bonchev–Trinajstić information content (AvgIpc) is 3.85. The van der Waals surface area contributed by atoms with Crippen molar-refractivity contribution in [1.82, 2.24) is 18.3 Å². The molecule has 6 heterocycles. The van der Waals surface area contributed by atoms with E-state index in [2.05, 4.69) is 211 Å². The number of fused-ring (bicyclic) bond motifs is 14. The van der Waals surface area contributed by atoms with Crippen molar-refractivity contribution in [3.05, 3.63) is 163 Å². The second kappa shape index (κ2) is 12.2. The van der Waals surface area contributed by atoms with E-state index in [1.165, 1.54) is 102 Å². The molecule has 7 aromatic carbocycles. The molecule has 61 heavy (non-hydrogen) atoms. The number of aromatic nitrogens is 4. The molecule has 0 unspecified atom stereocenters. The first-order valence-corrected chi connectivity index (χ1v) is 23.0. The van der Waals surface area contributed by atoms with E-state index in [0.717, 1.165) is 11.4 Å². The van der Waals surface area contributed by atoms with Crippen LogP contribution >= 0.6 is 22.7 Å². The van der Waals surface area contributed by atoms with E-state index in [4.69, 9.17) is 0 Å². The van der Waals surface area contributed by atoms with Crippen LogP contribution in [0.3, 0.4) is 0 Å². The zero-order valence-electron chi connectivity index (χ0n) is 35.1. The second-order valence-corrected chi connectivity index (χ2v) is 21.1. The van der Waals surface area contributed by atoms with Crippen LogP contribution in [0.25, 0.3) is 86.4 Å². The number of para-hydroxylation sites is 2. The van der Waals surface area contributed by atoms with Gasteiger partial charge in [-0.05, 0) is 105 Å². The summed E-state index contributed by atoms with van der Waals surface area (Å²) in [6.45, 7) is 14.0. The van der Waals surface area contributed by atoms with E-state index in [9.17, 15) is 0 Å². The number of benzene rings is 7. The van der Waals surface area contributed by atoms with E-state index < -0.39 is 0 Å². The van der Waals surface area contributed by atoms with Crippen LogP contribution in [0.1, 0.15) is 52.7 Å². The Morgan fingerprint density at radius 2 is 0.902 bits per heavy atom. The van der Waals surface area contributed by atoms with Crippen LogP contribution in [0.15, 0.2) is 152 Å². The maximum atomic E-state index is 2.67. The van der Waals surface area contributed by atoms with E-state index in [0.29, 0.717) is 0 Å². The lowest BCUT2D eigenvalue weighted by Gasteiger charge is -2.36. The fourth-order valence-electron chi connectivity index (χ4n) is 10.5. The summed E-state index contributed by atoms with van der Waals surface area (Å²) in [6.07, 6.45) is 0. The molecule has 4 aromatic heterocycles. The molecule has 11 aromatic rings. The number of hydrogen-bond donors (Lipinski definition) is 0. The van der Waals surface area contributed by atoms with E-state index in [1.807, 2.05) is 22.7 Å². The van der Waals surface area contributed by atoms with Gasteiger partial charge in [-0.15, -0.1) is 22.7 Å². The van der Waals surface area contributed by atoms with Crippen molar-refractivity contribution in [3.8, 4) is 22.1 Å². The highest BCUT2D eigenvalue weighted by molar-refractivity contribution is 7.35. The van der Waals surface area contributed by atoms with Gasteiger partial charge in [-0.25, -0.2) is 0 Å². The largest absolute Gasteiger partial charge is 0.306 e. The summed E-state index contributed by atoms with van der Waals surface area (Å²) in [5.41, 5.74) is 18.7. The Morgan fingerprint density at radius 1 is 0.410 bits per heavy atom. The van der Waals surface area contributed by atoms with Crippen molar-refractivity contribution in [2.45, 2.75) is 52.4 Å². The second-order valence-electron chi connectivity index (χ2n) is 19.0. The summed E-state index contributed by atoms with van der Waals surface area (Å²) in [5.74, 6) is 0. The minimum Gasteiger partial charge on any atom is -0.306 e. The van der Waals surface area contributed by atoms with Crippen molar-refractivity contribution in [2.75, 3.05) is 0 Å². The molecule has 2 aliphatic heterocycles. The predicted octanol–water partition coefficient (Wildman–Crippen LogP) is 12.8. The lowest BCUT2D eigenvalue weighted by molar-refractivity contribution is 0.590. The lowest BCUT2D eigenvalue weighted by Crippen LogP contribution is -2.58. The summed E-state index contributed by atoms with van der Waals surface area (Å²) >= 11 is 3.92. The van der Waals surface area contributed by atoms with Gasteiger partial charge < -0.3 is 13.7 Å². The average molecular weight is 823 g/mol. The quantitative estimate of drug-likeness (QED) is 0.122. The Labute approximate surface area is 362 Å². The predicted molar refractivity (Wildman–Crippen MR) is 264 cm³/mol. The molecule has 0 saturated heterocycles. The minimum absolute atomic E-state index is 0.0239. The monoisotopic (exact) mass is 822 g/mol. The van der Waals surface area contributed by atoms with E-state index in [-0.39, 0.29) is 17.5 Å². The third-order valence-corrected chi connectivity index (χ3v) is 15.7. The van der Waals surface area contributed by atoms with Gasteiger partial charge in [0.05, 0.1) is 54.8 Å². The molecule has 0 bridgehead atoms. The lowest BCUT2D eigenvalue weighted by atomic mass is 9.37. The van der Waals surface area contributed by atoms with Crippen LogP contribution in [0.5, 0.6) is 0 Å². The van der Waals surface area contributed by atoms with Crippen molar-refractivity contribution >= 4 is 109 Å². The topological polar surface area (TPSA) is 19.7 Å². The SMILES string of the molecule is CC(C)(C)c1ccc2c(c1)n(-c1ccccc1)c1cc3c4c5c1n2-c1sc2ccccc2c1B5c1sc2ccccc2c1-n4c1ccc(C(C)(C)C)cc1n3-c1ccccc1. The van der Waals surface area contributed by atoms with Gasteiger partial charge in [-0.2, -0.15) is 0 Å². The maximum Gasteiger partial charge on any atom is 0.266 e. The zero-order valence-corrected chi connectivity index (χ0v) is 36.7. The van der Waals surface area contributed by atoms with Crippen molar-refractivity contribution in [1.29, 1.82) is 0 Å². The fraction of sp³-hybridized carbons (Fsp3) is 0.148. The Kier molecular flexibility index (Phi) is 7.09. The fourth-order valence-corrected chi connectivity index (χ4v) is 13.1. The molecule has 0 aliphatic carbocycles.